The van der Waals surface area contributed by atoms with E-state index in [1.807, 2.05) is 13.0 Å². The number of aromatic nitrogens is 5. The second-order valence-corrected chi connectivity index (χ2v) is 6.67. The van der Waals surface area contributed by atoms with Gasteiger partial charge in [-0.2, -0.15) is 0 Å². The maximum atomic E-state index is 13.4. The van der Waals surface area contributed by atoms with Gasteiger partial charge >= 0.3 is 6.09 Å². The Bertz CT molecular complexity index is 1090. The van der Waals surface area contributed by atoms with E-state index in [0.29, 0.717) is 36.2 Å². The van der Waals surface area contributed by atoms with Crippen LogP contribution >= 0.6 is 0 Å². The molecule has 0 aliphatic carbocycles. The van der Waals surface area contributed by atoms with Crippen LogP contribution in [0.3, 0.4) is 0 Å². The van der Waals surface area contributed by atoms with Crippen LogP contribution in [-0.2, 0) is 11.3 Å². The molecule has 1 amide bonds. The van der Waals surface area contributed by atoms with Crippen molar-refractivity contribution in [2.24, 2.45) is 0 Å². The van der Waals surface area contributed by atoms with Gasteiger partial charge in [0.1, 0.15) is 17.5 Å². The van der Waals surface area contributed by atoms with Gasteiger partial charge in [-0.05, 0) is 30.7 Å². The standard InChI is InChI=1S/C18H16F3N7O2/c1-9-2-10(14-8-28(27-26-14)7-12-5-23-18(29)30-12)4-11(3-9)24-17-22-6-13(19)15(25-17)16(20)21/h2-4,6,8,12,16H,5,7H2,1H3,(H,23,29)(H,22,24,25)/t12-/m0/s1. The first-order chi connectivity index (χ1) is 14.4. The third-order valence-electron chi connectivity index (χ3n) is 4.28. The fourth-order valence-electron chi connectivity index (χ4n) is 2.99. The van der Waals surface area contributed by atoms with Crippen molar-refractivity contribution >= 4 is 17.7 Å². The van der Waals surface area contributed by atoms with E-state index in [9.17, 15) is 18.0 Å². The topological polar surface area (TPSA) is 107 Å². The molecule has 0 spiro atoms. The minimum Gasteiger partial charge on any atom is -0.442 e. The molecule has 1 aromatic carbocycles. The molecule has 12 heteroatoms. The number of alkyl halides is 2. The van der Waals surface area contributed by atoms with Gasteiger partial charge in [0.05, 0.1) is 25.5 Å². The molecule has 0 bridgehead atoms. The van der Waals surface area contributed by atoms with Crippen LogP contribution in [0.1, 0.15) is 17.7 Å². The summed E-state index contributed by atoms with van der Waals surface area (Å²) in [6, 6.07) is 5.34. The van der Waals surface area contributed by atoms with E-state index in [1.54, 1.807) is 23.0 Å². The number of aryl methyl sites for hydroxylation is 1. The number of amides is 1. The molecule has 1 fully saturated rings. The Kier molecular flexibility index (Phi) is 5.21. The molecule has 156 valence electrons. The molecule has 4 rings (SSSR count). The van der Waals surface area contributed by atoms with Gasteiger partial charge in [0.25, 0.3) is 6.43 Å². The Morgan fingerprint density at radius 3 is 2.93 bits per heavy atom. The Morgan fingerprint density at radius 2 is 2.20 bits per heavy atom. The summed E-state index contributed by atoms with van der Waals surface area (Å²) < 4.78 is 45.8. The molecule has 0 saturated carbocycles. The predicted octanol–water partition coefficient (Wildman–Crippen LogP) is 2.97. The van der Waals surface area contributed by atoms with Gasteiger partial charge in [0, 0.05) is 11.3 Å². The normalized spacial score (nSPS) is 15.9. The molecule has 0 unspecified atom stereocenters. The first kappa shape index (κ1) is 19.6. The number of cyclic esters (lactones) is 1. The number of carbonyl (C=O) groups excluding carboxylic acids is 1. The molecule has 2 aromatic heterocycles. The average Bonchev–Trinajstić information content (AvgIpc) is 3.32. The first-order valence-electron chi connectivity index (χ1n) is 8.91. The van der Waals surface area contributed by atoms with Crippen molar-refractivity contribution in [2.45, 2.75) is 26.0 Å². The Labute approximate surface area is 168 Å². The predicted molar refractivity (Wildman–Crippen MR) is 98.7 cm³/mol. The highest BCUT2D eigenvalue weighted by Crippen LogP contribution is 2.26. The van der Waals surface area contributed by atoms with E-state index in [2.05, 4.69) is 30.9 Å². The summed E-state index contributed by atoms with van der Waals surface area (Å²) in [4.78, 5) is 18.4. The molecule has 1 saturated heterocycles. The molecular weight excluding hydrogens is 403 g/mol. The van der Waals surface area contributed by atoms with Gasteiger partial charge in [-0.25, -0.2) is 32.6 Å². The molecule has 9 nitrogen and oxygen atoms in total. The van der Waals surface area contributed by atoms with Gasteiger partial charge in [-0.3, -0.25) is 0 Å². The fraction of sp³-hybridized carbons (Fsp3) is 0.278. The lowest BCUT2D eigenvalue weighted by atomic mass is 10.1. The third kappa shape index (κ3) is 4.31. The summed E-state index contributed by atoms with van der Waals surface area (Å²) in [5, 5.41) is 13.5. The van der Waals surface area contributed by atoms with Gasteiger partial charge in [-0.15, -0.1) is 5.10 Å². The monoisotopic (exact) mass is 419 g/mol. The quantitative estimate of drug-likeness (QED) is 0.633. The molecule has 1 aliphatic rings. The molecule has 30 heavy (non-hydrogen) atoms. The number of nitrogens with zero attached hydrogens (tertiary/aromatic N) is 5. The molecule has 1 aliphatic heterocycles. The summed E-state index contributed by atoms with van der Waals surface area (Å²) in [6.45, 7) is 2.59. The highest BCUT2D eigenvalue weighted by molar-refractivity contribution is 5.69. The van der Waals surface area contributed by atoms with Crippen LogP contribution in [0.2, 0.25) is 0 Å². The molecule has 0 radical (unpaired) electrons. The first-order valence-corrected chi connectivity index (χ1v) is 8.91. The lowest BCUT2D eigenvalue weighted by Crippen LogP contribution is -2.20. The summed E-state index contributed by atoms with van der Waals surface area (Å²) >= 11 is 0. The third-order valence-corrected chi connectivity index (χ3v) is 4.28. The fourth-order valence-corrected chi connectivity index (χ4v) is 2.99. The lowest BCUT2D eigenvalue weighted by molar-refractivity contribution is 0.128. The maximum absolute atomic E-state index is 13.4. The Hall–Kier alpha value is -3.70. The highest BCUT2D eigenvalue weighted by Gasteiger charge is 2.23. The van der Waals surface area contributed by atoms with Crippen LogP contribution < -0.4 is 10.6 Å². The zero-order valence-corrected chi connectivity index (χ0v) is 15.6. The largest absolute Gasteiger partial charge is 0.442 e. The number of carbonyl (C=O) groups is 1. The van der Waals surface area contributed by atoms with Crippen molar-refractivity contribution in [3.63, 3.8) is 0 Å². The Morgan fingerprint density at radius 1 is 1.37 bits per heavy atom. The van der Waals surface area contributed by atoms with Crippen molar-refractivity contribution in [2.75, 3.05) is 11.9 Å². The second-order valence-electron chi connectivity index (χ2n) is 6.67. The van der Waals surface area contributed by atoms with E-state index in [1.165, 1.54) is 0 Å². The van der Waals surface area contributed by atoms with Crippen molar-refractivity contribution in [3.05, 3.63) is 47.7 Å². The zero-order chi connectivity index (χ0) is 21.3. The van der Waals surface area contributed by atoms with E-state index >= 15 is 0 Å². The van der Waals surface area contributed by atoms with Crippen molar-refractivity contribution in [3.8, 4) is 11.3 Å². The molecule has 3 heterocycles. The minimum atomic E-state index is -3.05. The van der Waals surface area contributed by atoms with Gasteiger partial charge in [0.15, 0.2) is 5.82 Å². The van der Waals surface area contributed by atoms with Crippen LogP contribution in [0, 0.1) is 12.7 Å². The number of hydrogen-bond acceptors (Lipinski definition) is 7. The molecule has 1 atom stereocenters. The minimum absolute atomic E-state index is 0.151. The van der Waals surface area contributed by atoms with E-state index < -0.39 is 24.0 Å². The number of rotatable bonds is 6. The molecular formula is C18H16F3N7O2. The number of nitrogens with one attached hydrogen (secondary N) is 2. The summed E-state index contributed by atoms with van der Waals surface area (Å²) in [5.74, 6) is -1.32. The zero-order valence-electron chi connectivity index (χ0n) is 15.6. The summed E-state index contributed by atoms with van der Waals surface area (Å²) in [7, 11) is 0. The van der Waals surface area contributed by atoms with Crippen LogP contribution in [0.25, 0.3) is 11.3 Å². The van der Waals surface area contributed by atoms with Crippen LogP contribution in [0.4, 0.5) is 29.6 Å². The van der Waals surface area contributed by atoms with Crippen LogP contribution in [0.15, 0.2) is 30.6 Å². The Balaban J connectivity index is 1.54. The van der Waals surface area contributed by atoms with Gasteiger partial charge < -0.3 is 15.4 Å². The van der Waals surface area contributed by atoms with Gasteiger partial charge in [0.2, 0.25) is 5.95 Å². The van der Waals surface area contributed by atoms with Crippen molar-refractivity contribution in [1.82, 2.24) is 30.3 Å². The highest BCUT2D eigenvalue weighted by atomic mass is 19.3. The molecule has 3 aromatic rings. The van der Waals surface area contributed by atoms with Crippen molar-refractivity contribution < 1.29 is 22.7 Å². The number of anilines is 2. The van der Waals surface area contributed by atoms with E-state index in [0.717, 1.165) is 5.56 Å². The SMILES string of the molecule is Cc1cc(Nc2ncc(F)c(C(F)F)n2)cc(-c2cn(C[C@@H]3CNC(=O)O3)nn2)c1. The average molecular weight is 419 g/mol. The summed E-state index contributed by atoms with van der Waals surface area (Å²) in [5.41, 5.74) is 1.68. The summed E-state index contributed by atoms with van der Waals surface area (Å²) in [6.07, 6.45) is -1.45. The number of benzene rings is 1. The number of ether oxygens (including phenoxy) is 1. The maximum Gasteiger partial charge on any atom is 0.407 e. The number of hydrogen-bond donors (Lipinski definition) is 2. The second kappa shape index (κ2) is 7.97. The van der Waals surface area contributed by atoms with E-state index in [4.69, 9.17) is 4.74 Å². The smallest absolute Gasteiger partial charge is 0.407 e. The van der Waals surface area contributed by atoms with Crippen LogP contribution in [-0.4, -0.2) is 43.7 Å². The molecule has 2 N–H and O–H groups in total. The number of halogens is 3. The van der Waals surface area contributed by atoms with Gasteiger partial charge in [-0.1, -0.05) is 5.21 Å². The van der Waals surface area contributed by atoms with Crippen molar-refractivity contribution in [1.29, 1.82) is 0 Å². The van der Waals surface area contributed by atoms with Crippen LogP contribution in [0.5, 0.6) is 0 Å². The number of alkyl carbamates (subject to hydrolysis) is 1. The lowest BCUT2D eigenvalue weighted by Gasteiger charge is -2.09. The van der Waals surface area contributed by atoms with E-state index in [-0.39, 0.29) is 12.1 Å².